The predicted molar refractivity (Wildman–Crippen MR) is 73.3 cm³/mol. The Labute approximate surface area is 109 Å². The third-order valence-electron chi connectivity index (χ3n) is 2.17. The highest BCUT2D eigenvalue weighted by Crippen LogP contribution is 2.28. The number of nitriles is 1. The highest BCUT2D eigenvalue weighted by Gasteiger charge is 2.08. The van der Waals surface area contributed by atoms with Crippen LogP contribution in [0.5, 0.6) is 0 Å². The number of rotatable bonds is 3. The Kier molecular flexibility index (Phi) is 3.82. The molecule has 0 fully saturated rings. The zero-order valence-electron chi connectivity index (χ0n) is 9.68. The predicted octanol–water partition coefficient (Wildman–Crippen LogP) is 4.18. The minimum absolute atomic E-state index is 0.579. The van der Waals surface area contributed by atoms with Gasteiger partial charge in [-0.05, 0) is 12.1 Å². The summed E-state index contributed by atoms with van der Waals surface area (Å²) in [7, 11) is 0. The average Bonchev–Trinajstić information content (AvgIpc) is 2.77. The van der Waals surface area contributed by atoms with Crippen LogP contribution in [0.1, 0.15) is 18.7 Å². The molecule has 0 atom stereocenters. The third-order valence-corrected chi connectivity index (χ3v) is 3.92. The van der Waals surface area contributed by atoms with Gasteiger partial charge in [-0.3, -0.25) is 0 Å². The van der Waals surface area contributed by atoms with Crippen LogP contribution < -0.4 is 0 Å². The van der Waals surface area contributed by atoms with Crippen LogP contribution in [0.2, 0.25) is 0 Å². The van der Waals surface area contributed by atoms with E-state index in [4.69, 9.17) is 5.26 Å². The molecular formula is C13H12N2S2. The van der Waals surface area contributed by atoms with Crippen LogP contribution in [0.4, 0.5) is 0 Å². The fourth-order valence-electron chi connectivity index (χ4n) is 1.49. The first kappa shape index (κ1) is 12.2. The Balaban J connectivity index is 2.27. The van der Waals surface area contributed by atoms with Gasteiger partial charge in [0.15, 0.2) is 0 Å². The summed E-state index contributed by atoms with van der Waals surface area (Å²) in [6, 6.07) is 10.4. The Morgan fingerprint density at radius 2 is 2.00 bits per heavy atom. The highest BCUT2D eigenvalue weighted by atomic mass is 32.2. The Bertz CT molecular complexity index is 535. The zero-order valence-corrected chi connectivity index (χ0v) is 11.3. The number of hydrogen-bond donors (Lipinski definition) is 0. The van der Waals surface area contributed by atoms with E-state index in [1.807, 2.05) is 23.9 Å². The lowest BCUT2D eigenvalue weighted by molar-refractivity contribution is 1.11. The number of nitrogens with zero attached hydrogens (tertiary/aromatic N) is 2. The van der Waals surface area contributed by atoms with E-state index < -0.39 is 0 Å². The van der Waals surface area contributed by atoms with E-state index in [-0.39, 0.29) is 0 Å². The SMILES string of the molecule is CC(C)Sc1ccc(-c2ncsc2C#N)cc1. The number of thioether (sulfide) groups is 1. The van der Waals surface area contributed by atoms with Gasteiger partial charge in [-0.1, -0.05) is 26.0 Å². The van der Waals surface area contributed by atoms with Gasteiger partial charge < -0.3 is 0 Å². The molecule has 0 saturated heterocycles. The van der Waals surface area contributed by atoms with Gasteiger partial charge in [0, 0.05) is 15.7 Å². The molecule has 4 heteroatoms. The molecule has 2 nitrogen and oxygen atoms in total. The molecule has 2 aromatic rings. The highest BCUT2D eigenvalue weighted by molar-refractivity contribution is 7.99. The number of hydrogen-bond acceptors (Lipinski definition) is 4. The number of benzene rings is 1. The molecule has 0 amide bonds. The zero-order chi connectivity index (χ0) is 12.3. The summed E-state index contributed by atoms with van der Waals surface area (Å²) in [6.45, 7) is 4.35. The molecular weight excluding hydrogens is 248 g/mol. The van der Waals surface area contributed by atoms with Gasteiger partial charge in [-0.2, -0.15) is 5.26 Å². The maximum absolute atomic E-state index is 8.96. The van der Waals surface area contributed by atoms with Crippen LogP contribution in [0.15, 0.2) is 34.7 Å². The van der Waals surface area contributed by atoms with Crippen molar-refractivity contribution in [1.29, 1.82) is 5.26 Å². The van der Waals surface area contributed by atoms with E-state index in [0.29, 0.717) is 10.1 Å². The third kappa shape index (κ3) is 2.87. The van der Waals surface area contributed by atoms with Crippen molar-refractivity contribution in [1.82, 2.24) is 4.98 Å². The summed E-state index contributed by atoms with van der Waals surface area (Å²) < 4.78 is 0. The van der Waals surface area contributed by atoms with Crippen molar-refractivity contribution in [2.45, 2.75) is 24.0 Å². The van der Waals surface area contributed by atoms with Crippen molar-refractivity contribution in [3.8, 4) is 17.3 Å². The van der Waals surface area contributed by atoms with E-state index in [2.05, 4.69) is 37.0 Å². The van der Waals surface area contributed by atoms with Crippen molar-refractivity contribution in [2.24, 2.45) is 0 Å². The molecule has 0 aliphatic carbocycles. The molecule has 86 valence electrons. The molecule has 0 spiro atoms. The van der Waals surface area contributed by atoms with E-state index in [1.165, 1.54) is 16.2 Å². The molecule has 0 aliphatic rings. The van der Waals surface area contributed by atoms with Crippen molar-refractivity contribution in [2.75, 3.05) is 0 Å². The van der Waals surface area contributed by atoms with Crippen LogP contribution in [0.25, 0.3) is 11.3 Å². The molecule has 1 aromatic heterocycles. The van der Waals surface area contributed by atoms with Gasteiger partial charge in [0.25, 0.3) is 0 Å². The quantitative estimate of drug-likeness (QED) is 0.777. The second-order valence-electron chi connectivity index (χ2n) is 3.83. The summed E-state index contributed by atoms with van der Waals surface area (Å²) in [4.78, 5) is 6.16. The van der Waals surface area contributed by atoms with Crippen molar-refractivity contribution in [3.63, 3.8) is 0 Å². The van der Waals surface area contributed by atoms with Gasteiger partial charge in [0.2, 0.25) is 0 Å². The molecule has 0 saturated carbocycles. The van der Waals surface area contributed by atoms with E-state index in [0.717, 1.165) is 11.3 Å². The van der Waals surface area contributed by atoms with Crippen molar-refractivity contribution < 1.29 is 0 Å². The van der Waals surface area contributed by atoms with E-state index in [9.17, 15) is 0 Å². The molecule has 1 heterocycles. The summed E-state index contributed by atoms with van der Waals surface area (Å²) in [6.07, 6.45) is 0. The van der Waals surface area contributed by atoms with Gasteiger partial charge in [0.05, 0.1) is 11.2 Å². The van der Waals surface area contributed by atoms with E-state index >= 15 is 0 Å². The maximum Gasteiger partial charge on any atom is 0.132 e. The van der Waals surface area contributed by atoms with E-state index in [1.54, 1.807) is 5.51 Å². The number of thiazole rings is 1. The fraction of sp³-hybridized carbons (Fsp3) is 0.231. The standard InChI is InChI=1S/C13H12N2S2/c1-9(2)17-11-5-3-10(4-6-11)13-12(7-14)16-8-15-13/h3-6,8-9H,1-2H3. The molecule has 0 aliphatic heterocycles. The smallest absolute Gasteiger partial charge is 0.132 e. The first-order chi connectivity index (χ1) is 8.20. The van der Waals surface area contributed by atoms with Gasteiger partial charge in [-0.15, -0.1) is 23.1 Å². The molecule has 0 bridgehead atoms. The molecule has 2 rings (SSSR count). The van der Waals surface area contributed by atoms with Gasteiger partial charge in [0.1, 0.15) is 10.9 Å². The second kappa shape index (κ2) is 5.35. The van der Waals surface area contributed by atoms with Crippen LogP contribution >= 0.6 is 23.1 Å². The lowest BCUT2D eigenvalue weighted by atomic mass is 10.1. The number of aromatic nitrogens is 1. The van der Waals surface area contributed by atoms with Gasteiger partial charge in [-0.25, -0.2) is 4.98 Å². The van der Waals surface area contributed by atoms with Crippen LogP contribution in [0.3, 0.4) is 0 Å². The van der Waals surface area contributed by atoms with Crippen LogP contribution in [0, 0.1) is 11.3 Å². The Morgan fingerprint density at radius 3 is 2.59 bits per heavy atom. The normalized spacial score (nSPS) is 10.5. The minimum Gasteiger partial charge on any atom is -0.243 e. The first-order valence-corrected chi connectivity index (χ1v) is 7.07. The monoisotopic (exact) mass is 260 g/mol. The van der Waals surface area contributed by atoms with Crippen LogP contribution in [-0.4, -0.2) is 10.2 Å². The second-order valence-corrected chi connectivity index (χ2v) is 6.34. The summed E-state index contributed by atoms with van der Waals surface area (Å²) in [5.74, 6) is 0. The topological polar surface area (TPSA) is 36.7 Å². The summed E-state index contributed by atoms with van der Waals surface area (Å²) in [5, 5.41) is 9.54. The largest absolute Gasteiger partial charge is 0.243 e. The summed E-state index contributed by atoms with van der Waals surface area (Å²) >= 11 is 3.21. The molecule has 0 unspecified atom stereocenters. The average molecular weight is 260 g/mol. The Hall–Kier alpha value is -1.31. The first-order valence-electron chi connectivity index (χ1n) is 5.31. The molecule has 1 aromatic carbocycles. The molecule has 0 N–H and O–H groups in total. The minimum atomic E-state index is 0.579. The van der Waals surface area contributed by atoms with Crippen molar-refractivity contribution in [3.05, 3.63) is 34.7 Å². The van der Waals surface area contributed by atoms with Crippen molar-refractivity contribution >= 4 is 23.1 Å². The van der Waals surface area contributed by atoms with Crippen LogP contribution in [-0.2, 0) is 0 Å². The molecule has 0 radical (unpaired) electrons. The maximum atomic E-state index is 8.96. The lowest BCUT2D eigenvalue weighted by Crippen LogP contribution is -1.86. The fourth-order valence-corrected chi connectivity index (χ4v) is 2.93. The Morgan fingerprint density at radius 1 is 1.29 bits per heavy atom. The lowest BCUT2D eigenvalue weighted by Gasteiger charge is -2.05. The summed E-state index contributed by atoms with van der Waals surface area (Å²) in [5.41, 5.74) is 3.51. The van der Waals surface area contributed by atoms with Gasteiger partial charge >= 0.3 is 0 Å². The molecule has 17 heavy (non-hydrogen) atoms.